The number of morpholine rings is 1. The zero-order valence-electron chi connectivity index (χ0n) is 17.7. The first-order valence-electron chi connectivity index (χ1n) is 10.5. The number of rotatable bonds is 7. The number of aryl methyl sites for hydroxylation is 1. The molecule has 0 spiro atoms. The van der Waals surface area contributed by atoms with E-state index in [0.717, 1.165) is 36.9 Å². The van der Waals surface area contributed by atoms with Crippen LogP contribution in [0.15, 0.2) is 83.8 Å². The van der Waals surface area contributed by atoms with Gasteiger partial charge in [-0.25, -0.2) is 0 Å². The second kappa shape index (κ2) is 10.2. The lowest BCUT2D eigenvalue weighted by atomic mass is 10.0. The Kier molecular flexibility index (Phi) is 7.11. The predicted octanol–water partition coefficient (Wildman–Crippen LogP) is 5.74. The number of hydrogen-bond donors (Lipinski definition) is 0. The van der Waals surface area contributed by atoms with E-state index in [1.807, 2.05) is 23.9 Å². The fraction of sp³-hybridized carbons (Fsp3) is 0.308. The van der Waals surface area contributed by atoms with Gasteiger partial charge in [-0.2, -0.15) is 0 Å². The fourth-order valence-electron chi connectivity index (χ4n) is 3.87. The van der Waals surface area contributed by atoms with Crippen molar-refractivity contribution in [1.82, 2.24) is 4.90 Å². The molecule has 1 fully saturated rings. The highest BCUT2D eigenvalue weighted by atomic mass is 32.2. The molecular formula is C26H29NO2S. The molecule has 0 aliphatic carbocycles. The molecule has 1 heterocycles. The van der Waals surface area contributed by atoms with Crippen LogP contribution in [-0.4, -0.2) is 37.8 Å². The Bertz CT molecular complexity index is 929. The smallest absolute Gasteiger partial charge is 0.132 e. The summed E-state index contributed by atoms with van der Waals surface area (Å²) in [6, 6.07) is 27.8. The van der Waals surface area contributed by atoms with Gasteiger partial charge in [0.1, 0.15) is 5.75 Å². The number of thioether (sulfide) groups is 1. The minimum absolute atomic E-state index is 0.111. The highest BCUT2D eigenvalue weighted by Crippen LogP contribution is 2.43. The van der Waals surface area contributed by atoms with E-state index in [-0.39, 0.29) is 11.4 Å². The van der Waals surface area contributed by atoms with Crippen LogP contribution in [-0.2, 0) is 11.3 Å². The Morgan fingerprint density at radius 1 is 1.00 bits per heavy atom. The zero-order valence-corrected chi connectivity index (χ0v) is 18.5. The molecule has 0 bridgehead atoms. The lowest BCUT2D eigenvalue weighted by Crippen LogP contribution is -2.44. The molecule has 0 aromatic heterocycles. The monoisotopic (exact) mass is 419 g/mol. The molecule has 30 heavy (non-hydrogen) atoms. The van der Waals surface area contributed by atoms with Crippen LogP contribution in [0.3, 0.4) is 0 Å². The predicted molar refractivity (Wildman–Crippen MR) is 124 cm³/mol. The van der Waals surface area contributed by atoms with Crippen molar-refractivity contribution >= 4 is 11.8 Å². The number of para-hydroxylation sites is 1. The third-order valence-electron chi connectivity index (χ3n) is 5.49. The van der Waals surface area contributed by atoms with Gasteiger partial charge < -0.3 is 9.47 Å². The van der Waals surface area contributed by atoms with E-state index in [1.54, 1.807) is 7.11 Å². The Labute approximate surface area is 184 Å². The summed E-state index contributed by atoms with van der Waals surface area (Å²) in [7, 11) is 1.74. The summed E-state index contributed by atoms with van der Waals surface area (Å²) in [5, 5.41) is 0.195. The first kappa shape index (κ1) is 21.0. The molecule has 4 rings (SSSR count). The standard InChI is InChI=1S/C26H29NO2S/c1-20-12-14-22(15-13-20)26(30-25-11-7-6-10-23(25)28-2)24-19-27(16-17-29-24)18-21-8-4-3-5-9-21/h3-15,24,26H,16-19H2,1-2H3/t24-,26?/m0/s1. The normalized spacial score (nSPS) is 18.1. The van der Waals surface area contributed by atoms with Gasteiger partial charge in [-0.3, -0.25) is 4.90 Å². The van der Waals surface area contributed by atoms with Crippen LogP contribution in [0.2, 0.25) is 0 Å². The van der Waals surface area contributed by atoms with Crippen molar-refractivity contribution in [3.63, 3.8) is 0 Å². The van der Waals surface area contributed by atoms with Crippen molar-refractivity contribution in [1.29, 1.82) is 0 Å². The molecule has 0 radical (unpaired) electrons. The highest BCUT2D eigenvalue weighted by Gasteiger charge is 2.31. The van der Waals surface area contributed by atoms with Gasteiger partial charge >= 0.3 is 0 Å². The molecule has 3 aromatic rings. The van der Waals surface area contributed by atoms with Crippen LogP contribution in [0.4, 0.5) is 0 Å². The molecule has 0 N–H and O–H groups in total. The lowest BCUT2D eigenvalue weighted by molar-refractivity contribution is -0.0319. The van der Waals surface area contributed by atoms with Crippen molar-refractivity contribution in [2.75, 3.05) is 26.8 Å². The third kappa shape index (κ3) is 5.25. The van der Waals surface area contributed by atoms with Gasteiger partial charge in [-0.05, 0) is 30.2 Å². The number of hydrogen-bond acceptors (Lipinski definition) is 4. The van der Waals surface area contributed by atoms with E-state index < -0.39 is 0 Å². The van der Waals surface area contributed by atoms with Gasteiger partial charge in [0.05, 0.1) is 30.0 Å². The average Bonchev–Trinajstić information content (AvgIpc) is 2.79. The highest BCUT2D eigenvalue weighted by molar-refractivity contribution is 7.99. The number of benzene rings is 3. The van der Waals surface area contributed by atoms with E-state index >= 15 is 0 Å². The molecule has 3 aromatic carbocycles. The van der Waals surface area contributed by atoms with E-state index in [2.05, 4.69) is 78.6 Å². The van der Waals surface area contributed by atoms with Crippen LogP contribution in [0.1, 0.15) is 21.9 Å². The summed E-state index contributed by atoms with van der Waals surface area (Å²) in [6.07, 6.45) is 0.111. The maximum absolute atomic E-state index is 6.34. The van der Waals surface area contributed by atoms with Gasteiger partial charge in [0.2, 0.25) is 0 Å². The Morgan fingerprint density at radius 3 is 2.50 bits per heavy atom. The third-order valence-corrected chi connectivity index (χ3v) is 6.91. The van der Waals surface area contributed by atoms with Crippen molar-refractivity contribution in [3.05, 3.63) is 95.6 Å². The van der Waals surface area contributed by atoms with Crippen LogP contribution in [0.5, 0.6) is 5.75 Å². The molecule has 0 saturated carbocycles. The molecule has 2 atom stereocenters. The zero-order chi connectivity index (χ0) is 20.8. The minimum Gasteiger partial charge on any atom is -0.496 e. The van der Waals surface area contributed by atoms with Crippen LogP contribution < -0.4 is 4.74 Å². The molecule has 1 aliphatic heterocycles. The molecule has 3 nitrogen and oxygen atoms in total. The maximum atomic E-state index is 6.34. The van der Waals surface area contributed by atoms with E-state index in [1.165, 1.54) is 16.7 Å². The number of ether oxygens (including phenoxy) is 2. The van der Waals surface area contributed by atoms with E-state index in [4.69, 9.17) is 9.47 Å². The van der Waals surface area contributed by atoms with Gasteiger partial charge in [-0.15, -0.1) is 11.8 Å². The topological polar surface area (TPSA) is 21.7 Å². The van der Waals surface area contributed by atoms with Crippen LogP contribution >= 0.6 is 11.8 Å². The fourth-order valence-corrected chi connectivity index (χ4v) is 5.18. The Hall–Kier alpha value is -2.27. The molecule has 1 aliphatic rings. The summed E-state index contributed by atoms with van der Waals surface area (Å²) in [6.45, 7) is 5.72. The molecular weight excluding hydrogens is 390 g/mol. The summed E-state index contributed by atoms with van der Waals surface area (Å²) in [5.74, 6) is 0.913. The van der Waals surface area contributed by atoms with Gasteiger partial charge in [0, 0.05) is 19.6 Å². The lowest BCUT2D eigenvalue weighted by Gasteiger charge is -2.37. The molecule has 1 saturated heterocycles. The molecule has 1 unspecified atom stereocenters. The summed E-state index contributed by atoms with van der Waals surface area (Å²) < 4.78 is 12.0. The average molecular weight is 420 g/mol. The summed E-state index contributed by atoms with van der Waals surface area (Å²) in [4.78, 5) is 3.65. The van der Waals surface area contributed by atoms with Crippen molar-refractivity contribution in [2.45, 2.75) is 29.7 Å². The Morgan fingerprint density at radius 2 is 1.73 bits per heavy atom. The summed E-state index contributed by atoms with van der Waals surface area (Å²) in [5.41, 5.74) is 3.92. The molecule has 4 heteroatoms. The Balaban J connectivity index is 1.57. The van der Waals surface area contributed by atoms with E-state index in [9.17, 15) is 0 Å². The summed E-state index contributed by atoms with van der Waals surface area (Å²) >= 11 is 1.84. The largest absolute Gasteiger partial charge is 0.496 e. The number of methoxy groups -OCH3 is 1. The van der Waals surface area contributed by atoms with Crippen molar-refractivity contribution < 1.29 is 9.47 Å². The van der Waals surface area contributed by atoms with Crippen molar-refractivity contribution in [2.24, 2.45) is 0 Å². The maximum Gasteiger partial charge on any atom is 0.132 e. The van der Waals surface area contributed by atoms with Crippen molar-refractivity contribution in [3.8, 4) is 5.75 Å². The van der Waals surface area contributed by atoms with E-state index in [0.29, 0.717) is 0 Å². The molecule has 156 valence electrons. The molecule has 0 amide bonds. The SMILES string of the molecule is COc1ccccc1SC(c1ccc(C)cc1)[C@@H]1CN(Cc2ccccc2)CCO1. The van der Waals surface area contributed by atoms with Crippen LogP contribution in [0.25, 0.3) is 0 Å². The van der Waals surface area contributed by atoms with Gasteiger partial charge in [-0.1, -0.05) is 72.3 Å². The first-order valence-corrected chi connectivity index (χ1v) is 11.3. The number of nitrogens with zero attached hydrogens (tertiary/aromatic N) is 1. The minimum atomic E-state index is 0.111. The second-order valence-corrected chi connectivity index (χ2v) is 8.91. The van der Waals surface area contributed by atoms with Crippen LogP contribution in [0, 0.1) is 6.92 Å². The second-order valence-electron chi connectivity index (χ2n) is 7.73. The van der Waals surface area contributed by atoms with Gasteiger partial charge in [0.25, 0.3) is 0 Å². The quantitative estimate of drug-likeness (QED) is 0.455. The first-order chi connectivity index (χ1) is 14.7. The van der Waals surface area contributed by atoms with Gasteiger partial charge in [0.15, 0.2) is 0 Å².